The Morgan fingerprint density at radius 2 is 1.86 bits per heavy atom. The smallest absolute Gasteiger partial charge is 0.236 e. The highest BCUT2D eigenvalue weighted by atomic mass is 16.5. The van der Waals surface area contributed by atoms with Gasteiger partial charge < -0.3 is 10.1 Å². The summed E-state index contributed by atoms with van der Waals surface area (Å²) < 4.78 is 5.17. The molecular formula is C16H25N3O2. The molecule has 21 heavy (non-hydrogen) atoms. The monoisotopic (exact) mass is 291 g/mol. The molecule has 1 heterocycles. The van der Waals surface area contributed by atoms with E-state index in [9.17, 15) is 4.79 Å². The third kappa shape index (κ3) is 4.19. The van der Waals surface area contributed by atoms with Crippen LogP contribution in [0.25, 0.3) is 0 Å². The van der Waals surface area contributed by atoms with Gasteiger partial charge in [0.15, 0.2) is 0 Å². The number of benzene rings is 1. The summed E-state index contributed by atoms with van der Waals surface area (Å²) in [6.45, 7) is 6.78. The van der Waals surface area contributed by atoms with Crippen molar-refractivity contribution in [3.63, 3.8) is 0 Å². The summed E-state index contributed by atoms with van der Waals surface area (Å²) in [4.78, 5) is 16.3. The second-order valence-electron chi connectivity index (χ2n) is 5.45. The maximum atomic E-state index is 11.7. The molecule has 0 bridgehead atoms. The topological polar surface area (TPSA) is 44.8 Å². The SMILES string of the molecule is CNC(=O)[C@H](C)N1CCN(Cc2ccc(OC)cc2)CC1. The van der Waals surface area contributed by atoms with E-state index in [2.05, 4.69) is 27.2 Å². The molecule has 0 aromatic heterocycles. The Kier molecular flexibility index (Phi) is 5.59. The van der Waals surface area contributed by atoms with Crippen LogP contribution in [-0.4, -0.2) is 62.1 Å². The van der Waals surface area contributed by atoms with Crippen LogP contribution in [0.15, 0.2) is 24.3 Å². The van der Waals surface area contributed by atoms with Gasteiger partial charge in [-0.05, 0) is 24.6 Å². The predicted octanol–water partition coefficient (Wildman–Crippen LogP) is 0.947. The Hall–Kier alpha value is -1.59. The van der Waals surface area contributed by atoms with Gasteiger partial charge in [-0.25, -0.2) is 0 Å². The molecule has 1 aliphatic heterocycles. The number of hydrogen-bond acceptors (Lipinski definition) is 4. The number of carbonyl (C=O) groups is 1. The summed E-state index contributed by atoms with van der Waals surface area (Å²) in [5.74, 6) is 0.988. The van der Waals surface area contributed by atoms with Crippen molar-refractivity contribution < 1.29 is 9.53 Å². The molecule has 2 rings (SSSR count). The fraction of sp³-hybridized carbons (Fsp3) is 0.562. The summed E-state index contributed by atoms with van der Waals surface area (Å²) in [5, 5.41) is 2.72. The normalized spacial score (nSPS) is 18.2. The zero-order chi connectivity index (χ0) is 15.2. The van der Waals surface area contributed by atoms with Crippen molar-refractivity contribution in [2.24, 2.45) is 0 Å². The third-order valence-corrected chi connectivity index (χ3v) is 4.15. The molecule has 1 amide bonds. The fourth-order valence-corrected chi connectivity index (χ4v) is 2.67. The number of likely N-dealkylation sites (N-methyl/N-ethyl adjacent to an activating group) is 1. The van der Waals surface area contributed by atoms with E-state index in [0.717, 1.165) is 38.5 Å². The molecule has 0 unspecified atom stereocenters. The van der Waals surface area contributed by atoms with Gasteiger partial charge in [-0.1, -0.05) is 12.1 Å². The van der Waals surface area contributed by atoms with Crippen LogP contribution in [0.1, 0.15) is 12.5 Å². The molecule has 0 radical (unpaired) electrons. The lowest BCUT2D eigenvalue weighted by Crippen LogP contribution is -2.53. The summed E-state index contributed by atoms with van der Waals surface area (Å²) >= 11 is 0. The van der Waals surface area contributed by atoms with Crippen LogP contribution in [0.4, 0.5) is 0 Å². The van der Waals surface area contributed by atoms with Crippen LogP contribution in [0, 0.1) is 0 Å². The minimum absolute atomic E-state index is 0.0434. The largest absolute Gasteiger partial charge is 0.497 e. The van der Waals surface area contributed by atoms with Crippen molar-refractivity contribution in [3.05, 3.63) is 29.8 Å². The molecule has 5 heteroatoms. The second kappa shape index (κ2) is 7.43. The van der Waals surface area contributed by atoms with Crippen molar-refractivity contribution in [2.45, 2.75) is 19.5 Å². The van der Waals surface area contributed by atoms with Gasteiger partial charge in [-0.15, -0.1) is 0 Å². The van der Waals surface area contributed by atoms with Crippen molar-refractivity contribution in [3.8, 4) is 5.75 Å². The minimum atomic E-state index is -0.0434. The van der Waals surface area contributed by atoms with E-state index in [4.69, 9.17) is 4.74 Å². The second-order valence-corrected chi connectivity index (χ2v) is 5.45. The fourth-order valence-electron chi connectivity index (χ4n) is 2.67. The van der Waals surface area contributed by atoms with Gasteiger partial charge in [0.1, 0.15) is 5.75 Å². The molecule has 1 saturated heterocycles. The molecule has 5 nitrogen and oxygen atoms in total. The van der Waals surface area contributed by atoms with E-state index in [1.807, 2.05) is 19.1 Å². The highest BCUT2D eigenvalue weighted by molar-refractivity contribution is 5.80. The molecule has 1 atom stereocenters. The van der Waals surface area contributed by atoms with Gasteiger partial charge in [0.2, 0.25) is 5.91 Å². The standard InChI is InChI=1S/C16H25N3O2/c1-13(16(20)17-2)19-10-8-18(9-11-19)12-14-4-6-15(21-3)7-5-14/h4-7,13H,8-12H2,1-3H3,(H,17,20)/t13-/m0/s1. The number of nitrogens with one attached hydrogen (secondary N) is 1. The van der Waals surface area contributed by atoms with E-state index >= 15 is 0 Å². The van der Waals surface area contributed by atoms with Gasteiger partial charge in [0, 0.05) is 39.8 Å². The van der Waals surface area contributed by atoms with E-state index < -0.39 is 0 Å². The number of amides is 1. The zero-order valence-corrected chi connectivity index (χ0v) is 13.1. The number of hydrogen-bond donors (Lipinski definition) is 1. The van der Waals surface area contributed by atoms with Crippen LogP contribution < -0.4 is 10.1 Å². The first-order valence-electron chi connectivity index (χ1n) is 7.45. The molecule has 1 aliphatic rings. The Morgan fingerprint density at radius 3 is 2.38 bits per heavy atom. The third-order valence-electron chi connectivity index (χ3n) is 4.15. The molecular weight excluding hydrogens is 266 g/mol. The maximum absolute atomic E-state index is 11.7. The number of ether oxygens (including phenoxy) is 1. The molecule has 0 saturated carbocycles. The number of rotatable bonds is 5. The Morgan fingerprint density at radius 1 is 1.24 bits per heavy atom. The van der Waals surface area contributed by atoms with Crippen molar-refractivity contribution in [1.29, 1.82) is 0 Å². The number of nitrogens with zero attached hydrogens (tertiary/aromatic N) is 2. The summed E-state index contributed by atoms with van der Waals surface area (Å²) in [6, 6.07) is 8.17. The maximum Gasteiger partial charge on any atom is 0.236 e. The average Bonchev–Trinajstić information content (AvgIpc) is 2.55. The lowest BCUT2D eigenvalue weighted by atomic mass is 10.1. The Bertz CT molecular complexity index is 453. The van der Waals surface area contributed by atoms with Crippen LogP contribution in [-0.2, 0) is 11.3 Å². The highest BCUT2D eigenvalue weighted by Gasteiger charge is 2.24. The van der Waals surface area contributed by atoms with E-state index in [1.165, 1.54) is 5.56 Å². The molecule has 0 spiro atoms. The van der Waals surface area contributed by atoms with Gasteiger partial charge in [-0.3, -0.25) is 14.6 Å². The lowest BCUT2D eigenvalue weighted by Gasteiger charge is -2.37. The van der Waals surface area contributed by atoms with E-state index in [0.29, 0.717) is 0 Å². The molecule has 116 valence electrons. The van der Waals surface area contributed by atoms with Gasteiger partial charge >= 0.3 is 0 Å². The Labute approximate surface area is 126 Å². The first-order chi connectivity index (χ1) is 10.1. The van der Waals surface area contributed by atoms with E-state index in [-0.39, 0.29) is 11.9 Å². The van der Waals surface area contributed by atoms with Crippen LogP contribution in [0.2, 0.25) is 0 Å². The number of carbonyl (C=O) groups excluding carboxylic acids is 1. The van der Waals surface area contributed by atoms with Crippen molar-refractivity contribution >= 4 is 5.91 Å². The molecule has 0 aliphatic carbocycles. The lowest BCUT2D eigenvalue weighted by molar-refractivity contribution is -0.126. The van der Waals surface area contributed by atoms with Crippen LogP contribution >= 0.6 is 0 Å². The molecule has 1 fully saturated rings. The van der Waals surface area contributed by atoms with Crippen LogP contribution in [0.3, 0.4) is 0 Å². The summed E-state index contributed by atoms with van der Waals surface area (Å²) in [5.41, 5.74) is 1.29. The highest BCUT2D eigenvalue weighted by Crippen LogP contribution is 2.14. The van der Waals surface area contributed by atoms with E-state index in [1.54, 1.807) is 14.2 Å². The summed E-state index contributed by atoms with van der Waals surface area (Å²) in [7, 11) is 3.38. The number of methoxy groups -OCH3 is 1. The van der Waals surface area contributed by atoms with Crippen LogP contribution in [0.5, 0.6) is 5.75 Å². The minimum Gasteiger partial charge on any atom is -0.497 e. The average molecular weight is 291 g/mol. The Balaban J connectivity index is 1.82. The molecule has 1 N–H and O–H groups in total. The first kappa shape index (κ1) is 15.8. The van der Waals surface area contributed by atoms with Gasteiger partial charge in [0.25, 0.3) is 0 Å². The summed E-state index contributed by atoms with van der Waals surface area (Å²) in [6.07, 6.45) is 0. The molecule has 1 aromatic rings. The predicted molar refractivity (Wildman–Crippen MR) is 83.4 cm³/mol. The van der Waals surface area contributed by atoms with Gasteiger partial charge in [0.05, 0.1) is 13.2 Å². The quantitative estimate of drug-likeness (QED) is 0.877. The van der Waals surface area contributed by atoms with Gasteiger partial charge in [-0.2, -0.15) is 0 Å². The number of piperazine rings is 1. The zero-order valence-electron chi connectivity index (χ0n) is 13.1. The van der Waals surface area contributed by atoms with Crippen molar-refractivity contribution in [1.82, 2.24) is 15.1 Å². The molecule has 1 aromatic carbocycles. The van der Waals surface area contributed by atoms with Crippen molar-refractivity contribution in [2.75, 3.05) is 40.3 Å². The first-order valence-corrected chi connectivity index (χ1v) is 7.45.